The highest BCUT2D eigenvalue weighted by atomic mass is 16.5. The fourth-order valence-corrected chi connectivity index (χ4v) is 0.960. The Morgan fingerprint density at radius 3 is 2.25 bits per heavy atom. The van der Waals surface area contributed by atoms with Crippen molar-refractivity contribution in [2.45, 2.75) is 20.3 Å². The molecule has 0 aliphatic carbocycles. The summed E-state index contributed by atoms with van der Waals surface area (Å²) in [5, 5.41) is 0. The van der Waals surface area contributed by atoms with E-state index in [0.29, 0.717) is 18.5 Å². The summed E-state index contributed by atoms with van der Waals surface area (Å²) in [6, 6.07) is 0. The maximum absolute atomic E-state index is 11.1. The predicted molar refractivity (Wildman–Crippen MR) is 58.7 cm³/mol. The van der Waals surface area contributed by atoms with E-state index in [1.165, 1.54) is 18.9 Å². The van der Waals surface area contributed by atoms with Gasteiger partial charge in [-0.15, -0.1) is 0 Å². The van der Waals surface area contributed by atoms with Crippen LogP contribution >= 0.6 is 0 Å². The highest BCUT2D eigenvalue weighted by Gasteiger charge is 2.13. The SMILES string of the molecule is C=C(C)C(=O)OCCCN(C)C(=O)C(C)=O. The summed E-state index contributed by atoms with van der Waals surface area (Å²) in [4.78, 5) is 34.1. The number of carbonyl (C=O) groups excluding carboxylic acids is 3. The third-order valence-electron chi connectivity index (χ3n) is 1.87. The fourth-order valence-electron chi connectivity index (χ4n) is 0.960. The highest BCUT2D eigenvalue weighted by Crippen LogP contribution is 1.95. The summed E-state index contributed by atoms with van der Waals surface area (Å²) in [5.41, 5.74) is 0.341. The van der Waals surface area contributed by atoms with E-state index in [1.807, 2.05) is 0 Å². The van der Waals surface area contributed by atoms with Crippen LogP contribution in [0.25, 0.3) is 0 Å². The summed E-state index contributed by atoms with van der Waals surface area (Å²) in [6.07, 6.45) is 0.495. The van der Waals surface area contributed by atoms with Crippen molar-refractivity contribution in [2.24, 2.45) is 0 Å². The van der Waals surface area contributed by atoms with Crippen LogP contribution in [0.1, 0.15) is 20.3 Å². The Balaban J connectivity index is 3.75. The number of rotatable bonds is 6. The number of Topliss-reactive ketones (excluding diaryl/α,β-unsaturated/α-hetero) is 1. The van der Waals surface area contributed by atoms with E-state index in [9.17, 15) is 14.4 Å². The number of ketones is 1. The molecule has 0 N–H and O–H groups in total. The lowest BCUT2D eigenvalue weighted by molar-refractivity contribution is -0.143. The molecule has 16 heavy (non-hydrogen) atoms. The lowest BCUT2D eigenvalue weighted by Crippen LogP contribution is -2.33. The molecule has 0 atom stereocenters. The van der Waals surface area contributed by atoms with E-state index in [4.69, 9.17) is 4.74 Å². The summed E-state index contributed by atoms with van der Waals surface area (Å²) >= 11 is 0. The van der Waals surface area contributed by atoms with Gasteiger partial charge in [0, 0.05) is 26.1 Å². The maximum Gasteiger partial charge on any atom is 0.333 e. The molecule has 90 valence electrons. The van der Waals surface area contributed by atoms with Gasteiger partial charge in [-0.1, -0.05) is 6.58 Å². The van der Waals surface area contributed by atoms with E-state index < -0.39 is 17.7 Å². The normalized spacial score (nSPS) is 9.44. The molecule has 0 rings (SSSR count). The first-order chi connectivity index (χ1) is 7.36. The Morgan fingerprint density at radius 1 is 1.25 bits per heavy atom. The Morgan fingerprint density at radius 2 is 1.81 bits per heavy atom. The van der Waals surface area contributed by atoms with E-state index in [1.54, 1.807) is 6.92 Å². The zero-order valence-corrected chi connectivity index (χ0v) is 9.91. The Kier molecular flexibility index (Phi) is 6.07. The molecule has 0 aliphatic heterocycles. The van der Waals surface area contributed by atoms with Crippen LogP contribution in [0.4, 0.5) is 0 Å². The molecule has 0 bridgehead atoms. The van der Waals surface area contributed by atoms with Gasteiger partial charge < -0.3 is 9.64 Å². The molecule has 5 nitrogen and oxygen atoms in total. The largest absolute Gasteiger partial charge is 0.462 e. The summed E-state index contributed by atoms with van der Waals surface area (Å²) in [7, 11) is 1.53. The molecule has 5 heteroatoms. The first kappa shape index (κ1) is 14.3. The molecule has 0 saturated carbocycles. The van der Waals surface area contributed by atoms with Crippen LogP contribution in [0.2, 0.25) is 0 Å². The van der Waals surface area contributed by atoms with Gasteiger partial charge in [0.1, 0.15) is 0 Å². The zero-order valence-electron chi connectivity index (χ0n) is 9.91. The molecule has 0 spiro atoms. The van der Waals surface area contributed by atoms with Crippen LogP contribution in [0.15, 0.2) is 12.2 Å². The molecule has 0 radical (unpaired) electrons. The van der Waals surface area contributed by atoms with Gasteiger partial charge in [-0.3, -0.25) is 9.59 Å². The Bertz CT molecular complexity index is 309. The standard InChI is InChI=1S/C11H17NO4/c1-8(2)11(15)16-7-5-6-12(4)10(14)9(3)13/h1,5-7H2,2-4H3. The van der Waals surface area contributed by atoms with E-state index >= 15 is 0 Å². The number of amides is 1. The molecule has 1 amide bonds. The van der Waals surface area contributed by atoms with Crippen LogP contribution in [0, 0.1) is 0 Å². The van der Waals surface area contributed by atoms with Gasteiger partial charge in [-0.25, -0.2) is 4.79 Å². The minimum absolute atomic E-state index is 0.210. The van der Waals surface area contributed by atoms with Crippen LogP contribution < -0.4 is 0 Å². The van der Waals surface area contributed by atoms with Crippen LogP contribution in [0.3, 0.4) is 0 Å². The fraction of sp³-hybridized carbons (Fsp3) is 0.545. The molecule has 0 aromatic rings. The maximum atomic E-state index is 11.1. The number of carbonyl (C=O) groups is 3. The lowest BCUT2D eigenvalue weighted by atomic mass is 10.3. The predicted octanol–water partition coefficient (Wildman–Crippen LogP) is 0.543. The van der Waals surface area contributed by atoms with Gasteiger partial charge in [0.2, 0.25) is 5.78 Å². The number of hydrogen-bond donors (Lipinski definition) is 0. The first-order valence-electron chi connectivity index (χ1n) is 4.95. The van der Waals surface area contributed by atoms with Gasteiger partial charge in [-0.2, -0.15) is 0 Å². The minimum Gasteiger partial charge on any atom is -0.462 e. The van der Waals surface area contributed by atoms with Crippen molar-refractivity contribution in [3.05, 3.63) is 12.2 Å². The summed E-state index contributed by atoms with van der Waals surface area (Å²) < 4.78 is 4.83. The first-order valence-corrected chi connectivity index (χ1v) is 4.95. The van der Waals surface area contributed by atoms with Crippen molar-refractivity contribution in [1.29, 1.82) is 0 Å². The second-order valence-electron chi connectivity index (χ2n) is 3.55. The van der Waals surface area contributed by atoms with Crippen LogP contribution in [0.5, 0.6) is 0 Å². The lowest BCUT2D eigenvalue weighted by Gasteiger charge is -2.14. The minimum atomic E-state index is -0.536. The average molecular weight is 227 g/mol. The van der Waals surface area contributed by atoms with E-state index in [-0.39, 0.29) is 6.61 Å². The molecule has 0 aromatic carbocycles. The quantitative estimate of drug-likeness (QED) is 0.287. The van der Waals surface area contributed by atoms with Crippen molar-refractivity contribution in [2.75, 3.05) is 20.2 Å². The molecule has 0 unspecified atom stereocenters. The third kappa shape index (κ3) is 5.29. The number of ether oxygens (including phenoxy) is 1. The van der Waals surface area contributed by atoms with Crippen molar-refractivity contribution in [3.63, 3.8) is 0 Å². The molecule has 0 aliphatic rings. The third-order valence-corrected chi connectivity index (χ3v) is 1.87. The topological polar surface area (TPSA) is 63.7 Å². The molecule has 0 saturated heterocycles. The van der Waals surface area contributed by atoms with Crippen LogP contribution in [-0.4, -0.2) is 42.8 Å². The monoisotopic (exact) mass is 227 g/mol. The number of hydrogen-bond acceptors (Lipinski definition) is 4. The number of nitrogens with zero attached hydrogens (tertiary/aromatic N) is 1. The highest BCUT2D eigenvalue weighted by molar-refractivity contribution is 6.34. The Hall–Kier alpha value is -1.65. The summed E-state index contributed by atoms with van der Waals surface area (Å²) in [6.45, 7) is 6.81. The second-order valence-corrected chi connectivity index (χ2v) is 3.55. The molecule has 0 heterocycles. The van der Waals surface area contributed by atoms with Gasteiger partial charge in [0.25, 0.3) is 5.91 Å². The van der Waals surface area contributed by atoms with Crippen molar-refractivity contribution >= 4 is 17.7 Å². The van der Waals surface area contributed by atoms with Crippen molar-refractivity contribution < 1.29 is 19.1 Å². The second kappa shape index (κ2) is 6.76. The number of likely N-dealkylation sites (N-methyl/N-ethyl adjacent to an activating group) is 1. The molecular formula is C11H17NO4. The van der Waals surface area contributed by atoms with Gasteiger partial charge in [0.15, 0.2) is 0 Å². The average Bonchev–Trinajstić information content (AvgIpc) is 2.22. The molecule has 0 aromatic heterocycles. The Labute approximate surface area is 95.1 Å². The van der Waals surface area contributed by atoms with Gasteiger partial charge >= 0.3 is 5.97 Å². The van der Waals surface area contributed by atoms with Gasteiger partial charge in [-0.05, 0) is 13.3 Å². The number of esters is 1. The smallest absolute Gasteiger partial charge is 0.333 e. The van der Waals surface area contributed by atoms with Crippen LogP contribution in [-0.2, 0) is 19.1 Å². The molecule has 0 fully saturated rings. The molecular weight excluding hydrogens is 210 g/mol. The van der Waals surface area contributed by atoms with E-state index in [2.05, 4.69) is 6.58 Å². The van der Waals surface area contributed by atoms with Crippen molar-refractivity contribution in [1.82, 2.24) is 4.90 Å². The van der Waals surface area contributed by atoms with E-state index in [0.717, 1.165) is 0 Å². The summed E-state index contributed by atoms with van der Waals surface area (Å²) in [5.74, 6) is -1.48. The van der Waals surface area contributed by atoms with Gasteiger partial charge in [0.05, 0.1) is 6.61 Å². The van der Waals surface area contributed by atoms with Crippen molar-refractivity contribution in [3.8, 4) is 0 Å². The zero-order chi connectivity index (χ0) is 12.7.